The Labute approximate surface area is 115 Å². The predicted molar refractivity (Wildman–Crippen MR) is 75.0 cm³/mol. The highest BCUT2D eigenvalue weighted by Crippen LogP contribution is 2.32. The van der Waals surface area contributed by atoms with Gasteiger partial charge < -0.3 is 19.5 Å². The number of hydrogen-bond acceptors (Lipinski definition) is 4. The standard InChI is InChI=1S/C15H23NO3/c1-3-7-17-11-13(16-2)12-5-6-14-15(10-12)19-9-4-8-18-14/h5-6,10,13,16H,3-4,7-9,11H2,1-2H3. The van der Waals surface area contributed by atoms with Crippen molar-refractivity contribution in [3.05, 3.63) is 23.8 Å². The zero-order chi connectivity index (χ0) is 13.5. The quantitative estimate of drug-likeness (QED) is 0.802. The molecule has 0 amide bonds. The van der Waals surface area contributed by atoms with E-state index in [4.69, 9.17) is 14.2 Å². The van der Waals surface area contributed by atoms with Crippen molar-refractivity contribution in [1.29, 1.82) is 0 Å². The second-order valence-corrected chi connectivity index (χ2v) is 4.67. The van der Waals surface area contributed by atoms with E-state index in [-0.39, 0.29) is 6.04 Å². The van der Waals surface area contributed by atoms with Crippen molar-refractivity contribution >= 4 is 0 Å². The Balaban J connectivity index is 2.08. The zero-order valence-corrected chi connectivity index (χ0v) is 11.8. The molecule has 0 bridgehead atoms. The molecule has 2 rings (SSSR count). The summed E-state index contributed by atoms with van der Waals surface area (Å²) in [5, 5.41) is 3.28. The fourth-order valence-electron chi connectivity index (χ4n) is 2.09. The van der Waals surface area contributed by atoms with Gasteiger partial charge in [-0.05, 0) is 31.2 Å². The van der Waals surface area contributed by atoms with Gasteiger partial charge >= 0.3 is 0 Å². The van der Waals surface area contributed by atoms with E-state index in [0.717, 1.165) is 37.6 Å². The maximum atomic E-state index is 5.72. The van der Waals surface area contributed by atoms with Crippen molar-refractivity contribution in [2.75, 3.05) is 33.5 Å². The first-order chi connectivity index (χ1) is 9.35. The molecule has 1 unspecified atom stereocenters. The summed E-state index contributed by atoms with van der Waals surface area (Å²) in [6.07, 6.45) is 1.97. The average Bonchev–Trinajstić information content (AvgIpc) is 2.68. The third kappa shape index (κ3) is 3.85. The van der Waals surface area contributed by atoms with Crippen molar-refractivity contribution < 1.29 is 14.2 Å². The van der Waals surface area contributed by atoms with Crippen LogP contribution in [-0.2, 0) is 4.74 Å². The molecule has 0 radical (unpaired) electrons. The van der Waals surface area contributed by atoms with Gasteiger partial charge in [0, 0.05) is 13.0 Å². The number of likely N-dealkylation sites (N-methyl/N-ethyl adjacent to an activating group) is 1. The van der Waals surface area contributed by atoms with Gasteiger partial charge in [-0.2, -0.15) is 0 Å². The lowest BCUT2D eigenvalue weighted by Crippen LogP contribution is -2.22. The summed E-state index contributed by atoms with van der Waals surface area (Å²) in [4.78, 5) is 0. The molecule has 4 heteroatoms. The van der Waals surface area contributed by atoms with Crippen molar-refractivity contribution in [3.63, 3.8) is 0 Å². The summed E-state index contributed by atoms with van der Waals surface area (Å²) < 4.78 is 17.0. The molecule has 19 heavy (non-hydrogen) atoms. The van der Waals surface area contributed by atoms with E-state index in [9.17, 15) is 0 Å². The molecule has 1 atom stereocenters. The van der Waals surface area contributed by atoms with Gasteiger partial charge in [0.15, 0.2) is 11.5 Å². The van der Waals surface area contributed by atoms with Crippen molar-refractivity contribution in [3.8, 4) is 11.5 Å². The molecule has 106 valence electrons. The van der Waals surface area contributed by atoms with Crippen LogP contribution in [0.3, 0.4) is 0 Å². The highest BCUT2D eigenvalue weighted by atomic mass is 16.5. The summed E-state index contributed by atoms with van der Waals surface area (Å²) >= 11 is 0. The molecule has 0 saturated carbocycles. The van der Waals surface area contributed by atoms with E-state index in [1.165, 1.54) is 5.56 Å². The van der Waals surface area contributed by atoms with Crippen LogP contribution in [0.1, 0.15) is 31.4 Å². The molecule has 4 nitrogen and oxygen atoms in total. The topological polar surface area (TPSA) is 39.7 Å². The van der Waals surface area contributed by atoms with Gasteiger partial charge in [-0.25, -0.2) is 0 Å². The van der Waals surface area contributed by atoms with Crippen LogP contribution in [0.15, 0.2) is 18.2 Å². The van der Waals surface area contributed by atoms with Gasteiger partial charge in [0.05, 0.1) is 25.9 Å². The Morgan fingerprint density at radius 3 is 2.79 bits per heavy atom. The summed E-state index contributed by atoms with van der Waals surface area (Å²) in [5.74, 6) is 1.68. The molecule has 0 fully saturated rings. The van der Waals surface area contributed by atoms with E-state index in [1.807, 2.05) is 13.1 Å². The van der Waals surface area contributed by atoms with Gasteiger partial charge in [-0.15, -0.1) is 0 Å². The van der Waals surface area contributed by atoms with Crippen LogP contribution in [-0.4, -0.2) is 33.5 Å². The number of ether oxygens (including phenoxy) is 3. The van der Waals surface area contributed by atoms with E-state index in [2.05, 4.69) is 24.4 Å². The molecule has 0 aromatic heterocycles. The first-order valence-electron chi connectivity index (χ1n) is 6.99. The molecule has 1 heterocycles. The molecule has 1 aliphatic heterocycles. The van der Waals surface area contributed by atoms with E-state index < -0.39 is 0 Å². The van der Waals surface area contributed by atoms with Gasteiger partial charge in [0.2, 0.25) is 0 Å². The fraction of sp³-hybridized carbons (Fsp3) is 0.600. The van der Waals surface area contributed by atoms with Crippen LogP contribution in [0.25, 0.3) is 0 Å². The number of nitrogens with one attached hydrogen (secondary N) is 1. The van der Waals surface area contributed by atoms with Gasteiger partial charge in [-0.3, -0.25) is 0 Å². The smallest absolute Gasteiger partial charge is 0.161 e. The molecule has 0 spiro atoms. The molecule has 1 aliphatic rings. The minimum atomic E-state index is 0.184. The summed E-state index contributed by atoms with van der Waals surface area (Å²) in [6.45, 7) is 5.02. The largest absolute Gasteiger partial charge is 0.490 e. The van der Waals surface area contributed by atoms with Crippen molar-refractivity contribution in [2.24, 2.45) is 0 Å². The maximum Gasteiger partial charge on any atom is 0.161 e. The second-order valence-electron chi connectivity index (χ2n) is 4.67. The normalized spacial score (nSPS) is 15.9. The number of benzene rings is 1. The molecule has 0 saturated heterocycles. The minimum Gasteiger partial charge on any atom is -0.490 e. The van der Waals surface area contributed by atoms with Crippen molar-refractivity contribution in [1.82, 2.24) is 5.32 Å². The van der Waals surface area contributed by atoms with E-state index in [1.54, 1.807) is 0 Å². The number of rotatable bonds is 6. The van der Waals surface area contributed by atoms with E-state index >= 15 is 0 Å². The number of hydrogen-bond donors (Lipinski definition) is 1. The minimum absolute atomic E-state index is 0.184. The Morgan fingerprint density at radius 1 is 1.26 bits per heavy atom. The summed E-state index contributed by atoms with van der Waals surface area (Å²) in [5.41, 5.74) is 1.17. The SMILES string of the molecule is CCCOCC(NC)c1ccc2c(c1)OCCCO2. The molecule has 0 aliphatic carbocycles. The van der Waals surface area contributed by atoms with E-state index in [0.29, 0.717) is 13.2 Å². The maximum absolute atomic E-state index is 5.72. The molecule has 1 aromatic carbocycles. The van der Waals surface area contributed by atoms with Gasteiger partial charge in [0.1, 0.15) is 0 Å². The van der Waals surface area contributed by atoms with Crippen LogP contribution in [0, 0.1) is 0 Å². The van der Waals surface area contributed by atoms with Crippen LogP contribution in [0.5, 0.6) is 11.5 Å². The fourth-order valence-corrected chi connectivity index (χ4v) is 2.09. The first-order valence-corrected chi connectivity index (χ1v) is 6.99. The summed E-state index contributed by atoms with van der Waals surface area (Å²) in [6, 6.07) is 6.30. The Morgan fingerprint density at radius 2 is 2.05 bits per heavy atom. The highest BCUT2D eigenvalue weighted by molar-refractivity contribution is 5.44. The molecule has 1 aromatic rings. The Bertz CT molecular complexity index is 395. The van der Waals surface area contributed by atoms with Crippen LogP contribution in [0.4, 0.5) is 0 Å². The van der Waals surface area contributed by atoms with Crippen molar-refractivity contribution in [2.45, 2.75) is 25.8 Å². The predicted octanol–water partition coefficient (Wildman–Crippen LogP) is 2.54. The third-order valence-corrected chi connectivity index (χ3v) is 3.16. The lowest BCUT2D eigenvalue weighted by Gasteiger charge is -2.18. The second kappa shape index (κ2) is 7.36. The molecular formula is C15H23NO3. The third-order valence-electron chi connectivity index (χ3n) is 3.16. The number of fused-ring (bicyclic) bond motifs is 1. The van der Waals surface area contributed by atoms with Gasteiger partial charge in [-0.1, -0.05) is 13.0 Å². The average molecular weight is 265 g/mol. The molecule has 1 N–H and O–H groups in total. The Hall–Kier alpha value is -1.26. The molecular weight excluding hydrogens is 242 g/mol. The lowest BCUT2D eigenvalue weighted by atomic mass is 10.1. The first kappa shape index (κ1) is 14.2. The van der Waals surface area contributed by atoms with Crippen LogP contribution in [0.2, 0.25) is 0 Å². The zero-order valence-electron chi connectivity index (χ0n) is 11.8. The van der Waals surface area contributed by atoms with Crippen LogP contribution < -0.4 is 14.8 Å². The van der Waals surface area contributed by atoms with Gasteiger partial charge in [0.25, 0.3) is 0 Å². The summed E-state index contributed by atoms with van der Waals surface area (Å²) in [7, 11) is 1.95. The Kier molecular flexibility index (Phi) is 5.48. The highest BCUT2D eigenvalue weighted by Gasteiger charge is 2.15. The van der Waals surface area contributed by atoms with Crippen LogP contribution >= 0.6 is 0 Å². The lowest BCUT2D eigenvalue weighted by molar-refractivity contribution is 0.114. The monoisotopic (exact) mass is 265 g/mol.